The van der Waals surface area contributed by atoms with Gasteiger partial charge < -0.3 is 10.0 Å². The van der Waals surface area contributed by atoms with Crippen LogP contribution in [0.2, 0.25) is 5.02 Å². The summed E-state index contributed by atoms with van der Waals surface area (Å²) in [7, 11) is -2.83. The van der Waals surface area contributed by atoms with Crippen LogP contribution in [0, 0.1) is 12.7 Å². The van der Waals surface area contributed by atoms with Crippen LogP contribution in [0.5, 0.6) is 0 Å². The Bertz CT molecular complexity index is 1180. The molecule has 0 atom stereocenters. The molecule has 0 radical (unpaired) electrons. The Morgan fingerprint density at radius 1 is 1.31 bits per heavy atom. The zero-order chi connectivity index (χ0) is 21.3. The minimum atomic E-state index is -4.14. The SMILES string of the molecule is Cc1ccc(S(=O)(=O)c2cc(CN(C)C(=O)O)nn2-c2cccc(Cl)c2F)cn1. The van der Waals surface area contributed by atoms with Gasteiger partial charge in [-0.3, -0.25) is 4.98 Å². The Hall–Kier alpha value is -2.98. The number of halogens is 2. The molecule has 0 unspecified atom stereocenters. The average molecular weight is 439 g/mol. The van der Waals surface area contributed by atoms with Gasteiger partial charge in [0.1, 0.15) is 5.69 Å². The van der Waals surface area contributed by atoms with Crippen LogP contribution in [-0.2, 0) is 16.4 Å². The number of sulfone groups is 1. The number of hydrogen-bond donors (Lipinski definition) is 1. The highest BCUT2D eigenvalue weighted by molar-refractivity contribution is 7.91. The van der Waals surface area contributed by atoms with Crippen molar-refractivity contribution in [2.75, 3.05) is 7.05 Å². The molecule has 0 spiro atoms. The summed E-state index contributed by atoms with van der Waals surface area (Å²) in [5.41, 5.74) is 0.565. The van der Waals surface area contributed by atoms with Gasteiger partial charge in [-0.2, -0.15) is 5.10 Å². The van der Waals surface area contributed by atoms with Gasteiger partial charge in [0.15, 0.2) is 10.8 Å². The topological polar surface area (TPSA) is 105 Å². The van der Waals surface area contributed by atoms with E-state index in [0.717, 1.165) is 9.58 Å². The first-order valence-electron chi connectivity index (χ1n) is 8.26. The van der Waals surface area contributed by atoms with Crippen molar-refractivity contribution in [3.05, 3.63) is 64.8 Å². The Kier molecular flexibility index (Phi) is 5.58. The summed E-state index contributed by atoms with van der Waals surface area (Å²) in [4.78, 5) is 15.9. The molecule has 1 N–H and O–H groups in total. The van der Waals surface area contributed by atoms with Crippen molar-refractivity contribution in [2.45, 2.75) is 23.4 Å². The lowest BCUT2D eigenvalue weighted by molar-refractivity contribution is 0.153. The highest BCUT2D eigenvalue weighted by atomic mass is 35.5. The van der Waals surface area contributed by atoms with Crippen molar-refractivity contribution >= 4 is 27.5 Å². The van der Waals surface area contributed by atoms with E-state index < -0.39 is 21.7 Å². The molecule has 29 heavy (non-hydrogen) atoms. The minimum Gasteiger partial charge on any atom is -0.465 e. The van der Waals surface area contributed by atoms with E-state index in [1.165, 1.54) is 49.6 Å². The first-order chi connectivity index (χ1) is 13.6. The third-order valence-corrected chi connectivity index (χ3v) is 6.08. The normalized spacial score (nSPS) is 11.4. The van der Waals surface area contributed by atoms with Gasteiger partial charge in [-0.05, 0) is 31.2 Å². The zero-order valence-electron chi connectivity index (χ0n) is 15.4. The maximum Gasteiger partial charge on any atom is 0.407 e. The fraction of sp³-hybridized carbons (Fsp3) is 0.167. The minimum absolute atomic E-state index is 0.107. The van der Waals surface area contributed by atoms with Crippen LogP contribution in [0.4, 0.5) is 9.18 Å². The highest BCUT2D eigenvalue weighted by Crippen LogP contribution is 2.28. The molecule has 1 amide bonds. The largest absolute Gasteiger partial charge is 0.465 e. The fourth-order valence-corrected chi connectivity index (χ4v) is 4.06. The Morgan fingerprint density at radius 2 is 2.03 bits per heavy atom. The molecule has 0 saturated heterocycles. The van der Waals surface area contributed by atoms with Crippen LogP contribution < -0.4 is 0 Å². The number of carbonyl (C=O) groups is 1. The standard InChI is InChI=1S/C18H16ClFN4O4S/c1-11-6-7-13(9-21-11)29(27,28)16-8-12(10-23(2)18(25)26)22-24(16)15-5-3-4-14(19)17(15)20/h3-9H,10H2,1-2H3,(H,25,26). The van der Waals surface area contributed by atoms with Crippen molar-refractivity contribution in [2.24, 2.45) is 0 Å². The van der Waals surface area contributed by atoms with E-state index >= 15 is 0 Å². The Labute approximate surface area is 171 Å². The maximum atomic E-state index is 14.6. The molecule has 1 aromatic carbocycles. The predicted octanol–water partition coefficient (Wildman–Crippen LogP) is 3.31. The monoisotopic (exact) mass is 438 g/mol. The zero-order valence-corrected chi connectivity index (χ0v) is 16.9. The van der Waals surface area contributed by atoms with Crippen LogP contribution in [0.1, 0.15) is 11.4 Å². The predicted molar refractivity (Wildman–Crippen MR) is 102 cm³/mol. The number of rotatable bonds is 5. The lowest BCUT2D eigenvalue weighted by Crippen LogP contribution is -2.24. The van der Waals surface area contributed by atoms with Gasteiger partial charge in [-0.15, -0.1) is 0 Å². The third kappa shape index (κ3) is 4.08. The molecule has 3 aromatic rings. The van der Waals surface area contributed by atoms with Gasteiger partial charge in [-0.25, -0.2) is 22.3 Å². The van der Waals surface area contributed by atoms with E-state index in [4.69, 9.17) is 16.7 Å². The number of aromatic nitrogens is 3. The molecule has 2 aromatic heterocycles. The van der Waals surface area contributed by atoms with E-state index in [-0.39, 0.29) is 32.9 Å². The highest BCUT2D eigenvalue weighted by Gasteiger charge is 2.27. The third-order valence-electron chi connectivity index (χ3n) is 4.08. The average Bonchev–Trinajstić information content (AvgIpc) is 3.08. The van der Waals surface area contributed by atoms with Crippen LogP contribution >= 0.6 is 11.6 Å². The molecule has 0 bridgehead atoms. The summed E-state index contributed by atoms with van der Waals surface area (Å²) in [6, 6.07) is 8.22. The van der Waals surface area contributed by atoms with E-state index in [0.29, 0.717) is 5.69 Å². The first kappa shape index (κ1) is 20.7. The Balaban J connectivity index is 2.21. The molecule has 0 aliphatic rings. The number of carboxylic acid groups (broad SMARTS) is 1. The quantitative estimate of drug-likeness (QED) is 0.655. The summed E-state index contributed by atoms with van der Waals surface area (Å²) in [5.74, 6) is -0.853. The van der Waals surface area contributed by atoms with Gasteiger partial charge in [0, 0.05) is 25.0 Å². The molecule has 0 saturated carbocycles. The molecule has 3 rings (SSSR count). The van der Waals surface area contributed by atoms with Crippen molar-refractivity contribution in [3.8, 4) is 5.69 Å². The summed E-state index contributed by atoms with van der Waals surface area (Å²) in [6.07, 6.45) is -0.0278. The number of hydrogen-bond acceptors (Lipinski definition) is 5. The van der Waals surface area contributed by atoms with Crippen LogP contribution in [-0.4, -0.2) is 46.3 Å². The lowest BCUT2D eigenvalue weighted by atomic mass is 10.3. The van der Waals surface area contributed by atoms with E-state index in [2.05, 4.69) is 10.1 Å². The maximum absolute atomic E-state index is 14.6. The second-order valence-electron chi connectivity index (χ2n) is 6.24. The molecule has 8 nitrogen and oxygen atoms in total. The van der Waals surface area contributed by atoms with Crippen molar-refractivity contribution in [3.63, 3.8) is 0 Å². The molecular formula is C18H16ClFN4O4S. The van der Waals surface area contributed by atoms with Gasteiger partial charge in [-0.1, -0.05) is 17.7 Å². The van der Waals surface area contributed by atoms with Gasteiger partial charge in [0.25, 0.3) is 0 Å². The fourth-order valence-electron chi connectivity index (χ4n) is 2.55. The lowest BCUT2D eigenvalue weighted by Gasteiger charge is -2.11. The molecule has 11 heteroatoms. The van der Waals surface area contributed by atoms with Crippen LogP contribution in [0.3, 0.4) is 0 Å². The van der Waals surface area contributed by atoms with Crippen LogP contribution in [0.15, 0.2) is 52.5 Å². The molecule has 2 heterocycles. The Morgan fingerprint density at radius 3 is 2.66 bits per heavy atom. The molecule has 0 aliphatic heterocycles. The van der Waals surface area contributed by atoms with Crippen molar-refractivity contribution in [1.82, 2.24) is 19.7 Å². The number of aryl methyl sites for hydroxylation is 1. The summed E-state index contributed by atoms with van der Waals surface area (Å²) < 4.78 is 41.9. The number of nitrogens with zero attached hydrogens (tertiary/aromatic N) is 4. The van der Waals surface area contributed by atoms with E-state index in [1.54, 1.807) is 6.92 Å². The molecule has 0 aliphatic carbocycles. The molecule has 0 fully saturated rings. The second kappa shape index (κ2) is 7.80. The van der Waals surface area contributed by atoms with Crippen LogP contribution in [0.25, 0.3) is 5.69 Å². The summed E-state index contributed by atoms with van der Waals surface area (Å²) in [6.45, 7) is 1.51. The summed E-state index contributed by atoms with van der Waals surface area (Å²) in [5, 5.41) is 12.7. The second-order valence-corrected chi connectivity index (χ2v) is 8.54. The number of amides is 1. The molecular weight excluding hydrogens is 423 g/mol. The van der Waals surface area contributed by atoms with E-state index in [1.807, 2.05) is 0 Å². The molecule has 152 valence electrons. The number of pyridine rings is 1. The smallest absolute Gasteiger partial charge is 0.407 e. The van der Waals surface area contributed by atoms with Gasteiger partial charge >= 0.3 is 6.09 Å². The summed E-state index contributed by atoms with van der Waals surface area (Å²) >= 11 is 5.84. The van der Waals surface area contributed by atoms with Crippen molar-refractivity contribution < 1.29 is 22.7 Å². The van der Waals surface area contributed by atoms with Gasteiger partial charge in [0.2, 0.25) is 9.84 Å². The van der Waals surface area contributed by atoms with Gasteiger partial charge in [0.05, 0.1) is 22.2 Å². The van der Waals surface area contributed by atoms with E-state index in [9.17, 15) is 17.6 Å². The van der Waals surface area contributed by atoms with Crippen molar-refractivity contribution in [1.29, 1.82) is 0 Å². The first-order valence-corrected chi connectivity index (χ1v) is 10.1. The number of benzene rings is 1.